The predicted molar refractivity (Wildman–Crippen MR) is 100 cm³/mol. The standard InChI is InChI=1S/C21H22N4O/c26-20(9-8-16-5-2-1-3-6-16)25-14-4-7-19(25)21-18(15-23-24-21)17-10-12-22-13-11-17/h1-3,5-6,10-13,15,19H,4,7-9,14H2,(H,23,24)/t19-/m1/s1. The normalized spacial score (nSPS) is 16.8. The van der Waals surface area contributed by atoms with Crippen molar-refractivity contribution in [3.8, 4) is 11.1 Å². The maximum Gasteiger partial charge on any atom is 0.223 e. The molecule has 1 aliphatic heterocycles. The van der Waals surface area contributed by atoms with Crippen LogP contribution in [0.15, 0.2) is 61.1 Å². The van der Waals surface area contributed by atoms with Crippen LogP contribution in [0.1, 0.15) is 36.6 Å². The summed E-state index contributed by atoms with van der Waals surface area (Å²) in [6.07, 6.45) is 8.72. The van der Waals surface area contributed by atoms with Crippen molar-refractivity contribution in [2.75, 3.05) is 6.54 Å². The smallest absolute Gasteiger partial charge is 0.223 e. The van der Waals surface area contributed by atoms with Gasteiger partial charge in [0.1, 0.15) is 0 Å². The molecule has 0 spiro atoms. The second-order valence-electron chi connectivity index (χ2n) is 6.66. The minimum absolute atomic E-state index is 0.0731. The van der Waals surface area contributed by atoms with E-state index in [2.05, 4.69) is 27.3 Å². The van der Waals surface area contributed by atoms with Crippen LogP contribution in [0.25, 0.3) is 11.1 Å². The molecule has 1 N–H and O–H groups in total. The number of aryl methyl sites for hydroxylation is 1. The summed E-state index contributed by atoms with van der Waals surface area (Å²) < 4.78 is 0. The molecule has 0 bridgehead atoms. The molecule has 5 heteroatoms. The zero-order valence-electron chi connectivity index (χ0n) is 14.6. The highest BCUT2D eigenvalue weighted by Gasteiger charge is 2.32. The van der Waals surface area contributed by atoms with E-state index in [-0.39, 0.29) is 11.9 Å². The van der Waals surface area contributed by atoms with Crippen molar-refractivity contribution < 1.29 is 4.79 Å². The van der Waals surface area contributed by atoms with Crippen molar-refractivity contribution in [3.05, 3.63) is 72.3 Å². The van der Waals surface area contributed by atoms with Gasteiger partial charge in [0.2, 0.25) is 5.91 Å². The fraction of sp³-hybridized carbons (Fsp3) is 0.286. The Kier molecular flexibility index (Phi) is 4.78. The zero-order valence-corrected chi connectivity index (χ0v) is 14.6. The van der Waals surface area contributed by atoms with E-state index >= 15 is 0 Å². The second kappa shape index (κ2) is 7.52. The summed E-state index contributed by atoms with van der Waals surface area (Å²) in [7, 11) is 0. The van der Waals surface area contributed by atoms with Crippen LogP contribution >= 0.6 is 0 Å². The third kappa shape index (κ3) is 3.38. The van der Waals surface area contributed by atoms with Gasteiger partial charge in [-0.2, -0.15) is 5.10 Å². The molecule has 1 aromatic carbocycles. The average molecular weight is 346 g/mol. The highest BCUT2D eigenvalue weighted by atomic mass is 16.2. The summed E-state index contributed by atoms with van der Waals surface area (Å²) in [6.45, 7) is 0.813. The molecule has 26 heavy (non-hydrogen) atoms. The van der Waals surface area contributed by atoms with E-state index in [1.54, 1.807) is 12.4 Å². The van der Waals surface area contributed by atoms with Gasteiger partial charge in [0, 0.05) is 30.9 Å². The summed E-state index contributed by atoms with van der Waals surface area (Å²) in [4.78, 5) is 19.0. The van der Waals surface area contributed by atoms with E-state index in [1.807, 2.05) is 41.4 Å². The number of nitrogens with one attached hydrogen (secondary N) is 1. The van der Waals surface area contributed by atoms with Crippen LogP contribution in [-0.4, -0.2) is 32.5 Å². The Balaban J connectivity index is 1.51. The molecule has 3 aromatic rings. The van der Waals surface area contributed by atoms with Crippen molar-refractivity contribution in [1.82, 2.24) is 20.1 Å². The number of carbonyl (C=O) groups is 1. The number of H-pyrrole nitrogens is 1. The molecule has 1 amide bonds. The van der Waals surface area contributed by atoms with Gasteiger partial charge in [-0.1, -0.05) is 30.3 Å². The number of pyridine rings is 1. The fourth-order valence-corrected chi connectivity index (χ4v) is 3.72. The maximum atomic E-state index is 12.9. The van der Waals surface area contributed by atoms with Gasteiger partial charge in [-0.25, -0.2) is 0 Å². The lowest BCUT2D eigenvalue weighted by Crippen LogP contribution is -2.31. The number of aromatic nitrogens is 3. The number of aromatic amines is 1. The molecule has 4 rings (SSSR count). The summed E-state index contributed by atoms with van der Waals surface area (Å²) in [5.74, 6) is 0.214. The average Bonchev–Trinajstić information content (AvgIpc) is 3.36. The van der Waals surface area contributed by atoms with Crippen LogP contribution in [0.3, 0.4) is 0 Å². The molecular weight excluding hydrogens is 324 g/mol. The van der Waals surface area contributed by atoms with Gasteiger partial charge in [0.15, 0.2) is 0 Å². The van der Waals surface area contributed by atoms with Crippen LogP contribution in [0.2, 0.25) is 0 Å². The number of nitrogens with zero attached hydrogens (tertiary/aromatic N) is 3. The molecule has 0 saturated carbocycles. The van der Waals surface area contributed by atoms with E-state index < -0.39 is 0 Å². The van der Waals surface area contributed by atoms with Crippen LogP contribution in [0, 0.1) is 0 Å². The van der Waals surface area contributed by atoms with Gasteiger partial charge >= 0.3 is 0 Å². The van der Waals surface area contributed by atoms with Gasteiger partial charge in [-0.3, -0.25) is 14.9 Å². The summed E-state index contributed by atoms with van der Waals surface area (Å²) in [5, 5.41) is 7.39. The first-order valence-electron chi connectivity index (χ1n) is 9.10. The number of amides is 1. The van der Waals surface area contributed by atoms with E-state index in [4.69, 9.17) is 0 Å². The van der Waals surface area contributed by atoms with Crippen molar-refractivity contribution in [1.29, 1.82) is 0 Å². The van der Waals surface area contributed by atoms with Crippen LogP contribution in [0.4, 0.5) is 0 Å². The van der Waals surface area contributed by atoms with Crippen LogP contribution in [0.5, 0.6) is 0 Å². The second-order valence-corrected chi connectivity index (χ2v) is 6.66. The summed E-state index contributed by atoms with van der Waals surface area (Å²) in [5.41, 5.74) is 4.37. The molecule has 2 aromatic heterocycles. The van der Waals surface area contributed by atoms with Crippen molar-refractivity contribution in [3.63, 3.8) is 0 Å². The van der Waals surface area contributed by atoms with Gasteiger partial charge in [0.05, 0.1) is 17.9 Å². The van der Waals surface area contributed by atoms with Gasteiger partial charge in [-0.05, 0) is 42.5 Å². The number of hydrogen-bond donors (Lipinski definition) is 1. The first-order chi connectivity index (χ1) is 12.8. The van der Waals surface area contributed by atoms with Crippen LogP contribution < -0.4 is 0 Å². The molecule has 0 unspecified atom stereocenters. The number of hydrogen-bond acceptors (Lipinski definition) is 3. The first kappa shape index (κ1) is 16.5. The van der Waals surface area contributed by atoms with E-state index in [9.17, 15) is 4.79 Å². The van der Waals surface area contributed by atoms with E-state index in [0.717, 1.165) is 42.6 Å². The molecule has 1 saturated heterocycles. The first-order valence-corrected chi connectivity index (χ1v) is 9.10. The minimum Gasteiger partial charge on any atom is -0.334 e. The summed E-state index contributed by atoms with van der Waals surface area (Å²) in [6, 6.07) is 14.2. The molecule has 1 fully saturated rings. The Morgan fingerprint density at radius 2 is 1.96 bits per heavy atom. The van der Waals surface area contributed by atoms with Gasteiger partial charge in [0.25, 0.3) is 0 Å². The highest BCUT2D eigenvalue weighted by Crippen LogP contribution is 2.36. The van der Waals surface area contributed by atoms with Crippen molar-refractivity contribution >= 4 is 5.91 Å². The highest BCUT2D eigenvalue weighted by molar-refractivity contribution is 5.78. The number of rotatable bonds is 5. The van der Waals surface area contributed by atoms with Gasteiger partial charge < -0.3 is 4.90 Å². The maximum absolute atomic E-state index is 12.9. The lowest BCUT2D eigenvalue weighted by atomic mass is 10.0. The lowest BCUT2D eigenvalue weighted by molar-refractivity contribution is -0.132. The third-order valence-electron chi connectivity index (χ3n) is 5.04. The predicted octanol–water partition coefficient (Wildman–Crippen LogP) is 3.77. The van der Waals surface area contributed by atoms with Crippen LogP contribution in [-0.2, 0) is 11.2 Å². The summed E-state index contributed by atoms with van der Waals surface area (Å²) >= 11 is 0. The Morgan fingerprint density at radius 1 is 1.15 bits per heavy atom. The van der Waals surface area contributed by atoms with Gasteiger partial charge in [-0.15, -0.1) is 0 Å². The largest absolute Gasteiger partial charge is 0.334 e. The monoisotopic (exact) mass is 346 g/mol. The lowest BCUT2D eigenvalue weighted by Gasteiger charge is -2.25. The third-order valence-corrected chi connectivity index (χ3v) is 5.04. The zero-order chi connectivity index (χ0) is 17.8. The van der Waals surface area contributed by atoms with Crippen molar-refractivity contribution in [2.24, 2.45) is 0 Å². The molecule has 1 aliphatic rings. The molecule has 5 nitrogen and oxygen atoms in total. The van der Waals surface area contributed by atoms with E-state index in [1.165, 1.54) is 5.56 Å². The molecule has 0 aliphatic carbocycles. The van der Waals surface area contributed by atoms with Crippen molar-refractivity contribution in [2.45, 2.75) is 31.7 Å². The quantitative estimate of drug-likeness (QED) is 0.765. The SMILES string of the molecule is O=C(CCc1ccccc1)N1CCC[C@@H]1c1[nH]ncc1-c1ccncc1. The molecule has 3 heterocycles. The number of likely N-dealkylation sites (tertiary alicyclic amines) is 1. The number of benzene rings is 1. The van der Waals surface area contributed by atoms with E-state index in [0.29, 0.717) is 6.42 Å². The molecule has 0 radical (unpaired) electrons. The minimum atomic E-state index is 0.0731. The topological polar surface area (TPSA) is 61.9 Å². The Hall–Kier alpha value is -2.95. The fourth-order valence-electron chi connectivity index (χ4n) is 3.72. The molecule has 132 valence electrons. The Morgan fingerprint density at radius 3 is 2.77 bits per heavy atom. The number of carbonyl (C=O) groups excluding carboxylic acids is 1. The Bertz CT molecular complexity index is 860. The Labute approximate surface area is 153 Å². The molecular formula is C21H22N4O. The molecule has 1 atom stereocenters.